The number of nitrogens with zero attached hydrogens (tertiary/aromatic N) is 6. The van der Waals surface area contributed by atoms with Gasteiger partial charge in [0.25, 0.3) is 5.91 Å². The highest BCUT2D eigenvalue weighted by atomic mass is 16.5. The zero-order valence-electron chi connectivity index (χ0n) is 19.9. The molecular formula is C25H28N6O3. The largest absolute Gasteiger partial charge is 0.494 e. The van der Waals surface area contributed by atoms with E-state index in [2.05, 4.69) is 16.0 Å². The van der Waals surface area contributed by atoms with Crippen LogP contribution in [-0.4, -0.2) is 70.4 Å². The SMILES string of the molecule is COc1cc(N2CCOCC2)ccc1N(C)c1ncc2c(n1)N(C)c1ccccc1C(=O)N2C. The number of methoxy groups -OCH3 is 1. The Morgan fingerprint density at radius 3 is 2.56 bits per heavy atom. The fraction of sp³-hybridized carbons (Fsp3) is 0.320. The first kappa shape index (κ1) is 22.0. The van der Waals surface area contributed by atoms with Gasteiger partial charge in [-0.05, 0) is 24.3 Å². The average Bonchev–Trinajstić information content (AvgIpc) is 2.98. The monoisotopic (exact) mass is 460 g/mol. The average molecular weight is 461 g/mol. The molecule has 2 aliphatic heterocycles. The molecule has 1 saturated heterocycles. The van der Waals surface area contributed by atoms with E-state index in [0.717, 1.165) is 49.1 Å². The Bertz CT molecular complexity index is 1230. The van der Waals surface area contributed by atoms with Gasteiger partial charge in [-0.1, -0.05) is 12.1 Å². The Morgan fingerprint density at radius 1 is 1.03 bits per heavy atom. The second-order valence-electron chi connectivity index (χ2n) is 8.33. The molecule has 0 aliphatic carbocycles. The molecule has 3 aromatic rings. The summed E-state index contributed by atoms with van der Waals surface area (Å²) in [6, 6.07) is 13.7. The van der Waals surface area contributed by atoms with Crippen LogP contribution in [0.15, 0.2) is 48.7 Å². The molecule has 0 N–H and O–H groups in total. The van der Waals surface area contributed by atoms with E-state index in [9.17, 15) is 4.79 Å². The minimum absolute atomic E-state index is 0.0914. The number of amides is 1. The van der Waals surface area contributed by atoms with Gasteiger partial charge in [-0.25, -0.2) is 4.98 Å². The number of carbonyl (C=O) groups excluding carboxylic acids is 1. The Labute approximate surface area is 199 Å². The van der Waals surface area contributed by atoms with Crippen LogP contribution in [0.1, 0.15) is 10.4 Å². The number of para-hydroxylation sites is 1. The summed E-state index contributed by atoms with van der Waals surface area (Å²) in [6.07, 6.45) is 1.70. The van der Waals surface area contributed by atoms with Gasteiger partial charge < -0.3 is 29.1 Å². The van der Waals surface area contributed by atoms with Crippen molar-refractivity contribution < 1.29 is 14.3 Å². The van der Waals surface area contributed by atoms with Crippen molar-refractivity contribution in [3.8, 4) is 5.75 Å². The minimum Gasteiger partial charge on any atom is -0.494 e. The fourth-order valence-electron chi connectivity index (χ4n) is 4.42. The van der Waals surface area contributed by atoms with Crippen LogP contribution < -0.4 is 24.3 Å². The number of hydrogen-bond acceptors (Lipinski definition) is 8. The summed E-state index contributed by atoms with van der Waals surface area (Å²) >= 11 is 0. The number of carbonyl (C=O) groups is 1. The first-order chi connectivity index (χ1) is 16.5. The third-order valence-electron chi connectivity index (χ3n) is 6.42. The molecule has 0 radical (unpaired) electrons. The van der Waals surface area contributed by atoms with Gasteiger partial charge in [0.1, 0.15) is 11.4 Å². The topological polar surface area (TPSA) is 74.3 Å². The van der Waals surface area contributed by atoms with Crippen molar-refractivity contribution in [1.29, 1.82) is 0 Å². The molecule has 176 valence electrons. The molecule has 0 unspecified atom stereocenters. The lowest BCUT2D eigenvalue weighted by molar-refractivity contribution is 0.0994. The Kier molecular flexibility index (Phi) is 5.70. The zero-order valence-corrected chi connectivity index (χ0v) is 19.9. The van der Waals surface area contributed by atoms with Gasteiger partial charge in [-0.3, -0.25) is 4.79 Å². The van der Waals surface area contributed by atoms with Crippen LogP contribution in [0.25, 0.3) is 0 Å². The molecule has 2 aromatic carbocycles. The first-order valence-corrected chi connectivity index (χ1v) is 11.2. The van der Waals surface area contributed by atoms with Gasteiger partial charge in [0.2, 0.25) is 5.95 Å². The minimum atomic E-state index is -0.0914. The number of morpholine rings is 1. The quantitative estimate of drug-likeness (QED) is 0.586. The van der Waals surface area contributed by atoms with Crippen molar-refractivity contribution in [3.05, 3.63) is 54.2 Å². The van der Waals surface area contributed by atoms with Crippen molar-refractivity contribution in [2.24, 2.45) is 0 Å². The van der Waals surface area contributed by atoms with Crippen LogP contribution >= 0.6 is 0 Å². The fourth-order valence-corrected chi connectivity index (χ4v) is 4.42. The third kappa shape index (κ3) is 3.67. The lowest BCUT2D eigenvalue weighted by atomic mass is 10.1. The van der Waals surface area contributed by atoms with Gasteiger partial charge in [0.05, 0.1) is 43.5 Å². The molecule has 0 spiro atoms. The Morgan fingerprint density at radius 2 is 1.79 bits per heavy atom. The van der Waals surface area contributed by atoms with Crippen LogP contribution in [0.5, 0.6) is 5.75 Å². The summed E-state index contributed by atoms with van der Waals surface area (Å²) in [5, 5.41) is 0. The van der Waals surface area contributed by atoms with Crippen LogP contribution in [0.2, 0.25) is 0 Å². The summed E-state index contributed by atoms with van der Waals surface area (Å²) in [7, 11) is 7.24. The molecule has 9 heteroatoms. The molecule has 5 rings (SSSR count). The van der Waals surface area contributed by atoms with Crippen LogP contribution in [-0.2, 0) is 4.74 Å². The van der Waals surface area contributed by atoms with E-state index in [4.69, 9.17) is 14.5 Å². The number of ether oxygens (including phenoxy) is 2. The van der Waals surface area contributed by atoms with Crippen molar-refractivity contribution in [2.75, 3.05) is 74.2 Å². The summed E-state index contributed by atoms with van der Waals surface area (Å²) in [6.45, 7) is 3.15. The number of aromatic nitrogens is 2. The third-order valence-corrected chi connectivity index (χ3v) is 6.42. The highest BCUT2D eigenvalue weighted by Gasteiger charge is 2.29. The maximum atomic E-state index is 13.0. The van der Waals surface area contributed by atoms with Crippen molar-refractivity contribution >= 4 is 40.4 Å². The van der Waals surface area contributed by atoms with Gasteiger partial charge in [-0.15, -0.1) is 0 Å². The number of rotatable bonds is 4. The van der Waals surface area contributed by atoms with E-state index in [0.29, 0.717) is 23.0 Å². The molecule has 3 heterocycles. The molecule has 0 saturated carbocycles. The Hall–Kier alpha value is -3.85. The second-order valence-corrected chi connectivity index (χ2v) is 8.33. The van der Waals surface area contributed by atoms with E-state index >= 15 is 0 Å². The van der Waals surface area contributed by atoms with Crippen LogP contribution in [0.4, 0.5) is 34.5 Å². The predicted octanol–water partition coefficient (Wildman–Crippen LogP) is 3.45. The summed E-state index contributed by atoms with van der Waals surface area (Å²) < 4.78 is 11.2. The smallest absolute Gasteiger partial charge is 0.260 e. The number of fused-ring (bicyclic) bond motifs is 2. The first-order valence-electron chi connectivity index (χ1n) is 11.2. The van der Waals surface area contributed by atoms with Crippen LogP contribution in [0.3, 0.4) is 0 Å². The molecule has 34 heavy (non-hydrogen) atoms. The molecule has 0 atom stereocenters. The van der Waals surface area contributed by atoms with Crippen molar-refractivity contribution in [3.63, 3.8) is 0 Å². The number of anilines is 6. The molecule has 1 amide bonds. The van der Waals surface area contributed by atoms with Crippen molar-refractivity contribution in [1.82, 2.24) is 9.97 Å². The second kappa shape index (κ2) is 8.83. The molecule has 1 fully saturated rings. The molecule has 2 aliphatic rings. The lowest BCUT2D eigenvalue weighted by Gasteiger charge is -2.30. The highest BCUT2D eigenvalue weighted by Crippen LogP contribution is 2.40. The molecule has 1 aromatic heterocycles. The zero-order chi connectivity index (χ0) is 23.8. The number of benzene rings is 2. The van der Waals surface area contributed by atoms with E-state index in [1.807, 2.05) is 60.3 Å². The molecule has 0 bridgehead atoms. The van der Waals surface area contributed by atoms with E-state index < -0.39 is 0 Å². The number of hydrogen-bond donors (Lipinski definition) is 0. The van der Waals surface area contributed by atoms with Crippen LogP contribution in [0, 0.1) is 0 Å². The summed E-state index contributed by atoms with van der Waals surface area (Å²) in [4.78, 5) is 30.2. The predicted molar refractivity (Wildman–Crippen MR) is 133 cm³/mol. The van der Waals surface area contributed by atoms with Gasteiger partial charge in [0.15, 0.2) is 5.82 Å². The van der Waals surface area contributed by atoms with E-state index in [-0.39, 0.29) is 5.91 Å². The Balaban J connectivity index is 1.52. The molecule has 9 nitrogen and oxygen atoms in total. The van der Waals surface area contributed by atoms with Gasteiger partial charge in [-0.2, -0.15) is 4.98 Å². The normalized spacial score (nSPS) is 15.5. The highest BCUT2D eigenvalue weighted by molar-refractivity contribution is 6.13. The van der Waals surface area contributed by atoms with E-state index in [1.54, 1.807) is 25.3 Å². The maximum absolute atomic E-state index is 13.0. The van der Waals surface area contributed by atoms with Gasteiger partial charge in [0, 0.05) is 46.0 Å². The summed E-state index contributed by atoms with van der Waals surface area (Å²) in [5.74, 6) is 1.80. The summed E-state index contributed by atoms with van der Waals surface area (Å²) in [5.41, 5.74) is 4.02. The lowest BCUT2D eigenvalue weighted by Crippen LogP contribution is -2.36. The maximum Gasteiger partial charge on any atom is 0.260 e. The van der Waals surface area contributed by atoms with Gasteiger partial charge >= 0.3 is 0 Å². The van der Waals surface area contributed by atoms with Crippen molar-refractivity contribution in [2.45, 2.75) is 0 Å². The van der Waals surface area contributed by atoms with E-state index in [1.165, 1.54) is 0 Å². The molecular weight excluding hydrogens is 432 g/mol. The standard InChI is InChI=1S/C25H28N6O3/c1-28-19-8-6-5-7-18(19)24(32)29(2)21-16-26-25(27-23(21)28)30(3)20-10-9-17(15-22(20)33-4)31-11-13-34-14-12-31/h5-10,15-16H,11-14H2,1-4H3.